The maximum absolute atomic E-state index is 12.3. The number of amides is 1. The molecule has 3 rings (SSSR count). The van der Waals surface area contributed by atoms with Crippen LogP contribution in [-0.4, -0.2) is 35.3 Å². The van der Waals surface area contributed by atoms with Gasteiger partial charge >= 0.3 is 0 Å². The third-order valence-corrected chi connectivity index (χ3v) is 5.53. The number of rotatable bonds is 6. The number of nitrogens with one attached hydrogen (secondary N) is 2. The summed E-state index contributed by atoms with van der Waals surface area (Å²) in [5.74, 6) is 1.96. The second-order valence-corrected chi connectivity index (χ2v) is 7.90. The molecule has 0 spiro atoms. The quantitative estimate of drug-likeness (QED) is 0.804. The van der Waals surface area contributed by atoms with Crippen molar-refractivity contribution >= 4 is 29.3 Å². The molecule has 1 fully saturated rings. The molecule has 0 radical (unpaired) electrons. The van der Waals surface area contributed by atoms with Crippen LogP contribution >= 0.6 is 23.4 Å². The molecule has 0 saturated carbocycles. The van der Waals surface area contributed by atoms with Crippen LogP contribution in [0.25, 0.3) is 11.3 Å². The predicted octanol–water partition coefficient (Wildman–Crippen LogP) is 3.48. The third kappa shape index (κ3) is 5.23. The molecule has 1 aliphatic heterocycles. The Morgan fingerprint density at radius 1 is 1.48 bits per heavy atom. The number of hydrogen-bond donors (Lipinski definition) is 2. The van der Waals surface area contributed by atoms with Crippen molar-refractivity contribution in [1.82, 2.24) is 15.6 Å². The van der Waals surface area contributed by atoms with Crippen LogP contribution in [0.3, 0.4) is 0 Å². The van der Waals surface area contributed by atoms with E-state index < -0.39 is 0 Å². The first-order valence-electron chi connectivity index (χ1n) is 8.45. The van der Waals surface area contributed by atoms with E-state index in [4.69, 9.17) is 16.0 Å². The molecular formula is C18H22ClN3O2S. The van der Waals surface area contributed by atoms with Crippen molar-refractivity contribution in [2.75, 3.05) is 13.1 Å². The maximum Gasteiger partial charge on any atom is 0.233 e. The van der Waals surface area contributed by atoms with Crippen LogP contribution in [0.1, 0.15) is 25.7 Å². The summed E-state index contributed by atoms with van der Waals surface area (Å²) in [5.41, 5.74) is 0.934. The van der Waals surface area contributed by atoms with Crippen LogP contribution in [-0.2, 0) is 10.5 Å². The van der Waals surface area contributed by atoms with Crippen LogP contribution in [0, 0.1) is 0 Å². The molecule has 2 N–H and O–H groups in total. The molecule has 134 valence electrons. The molecule has 7 heteroatoms. The van der Waals surface area contributed by atoms with E-state index in [1.54, 1.807) is 6.20 Å². The van der Waals surface area contributed by atoms with Gasteiger partial charge in [-0.3, -0.25) is 4.79 Å². The highest BCUT2D eigenvalue weighted by atomic mass is 35.5. The van der Waals surface area contributed by atoms with E-state index in [1.165, 1.54) is 11.8 Å². The largest absolute Gasteiger partial charge is 0.440 e. The number of oxazole rings is 1. The maximum atomic E-state index is 12.3. The molecule has 25 heavy (non-hydrogen) atoms. The first-order valence-corrected chi connectivity index (χ1v) is 9.88. The van der Waals surface area contributed by atoms with Gasteiger partial charge in [0.25, 0.3) is 0 Å². The highest BCUT2D eigenvalue weighted by Crippen LogP contribution is 2.25. The van der Waals surface area contributed by atoms with Crippen LogP contribution in [0.2, 0.25) is 5.02 Å². The van der Waals surface area contributed by atoms with E-state index in [1.807, 2.05) is 31.2 Å². The second kappa shape index (κ2) is 8.74. The number of halogens is 1. The lowest BCUT2D eigenvalue weighted by molar-refractivity contribution is -0.121. The van der Waals surface area contributed by atoms with Gasteiger partial charge in [-0.25, -0.2) is 4.98 Å². The molecule has 1 aromatic carbocycles. The summed E-state index contributed by atoms with van der Waals surface area (Å²) in [6, 6.07) is 7.67. The Balaban J connectivity index is 1.49. The molecule has 1 saturated heterocycles. The van der Waals surface area contributed by atoms with Gasteiger partial charge in [-0.05, 0) is 50.6 Å². The Morgan fingerprint density at radius 2 is 2.28 bits per heavy atom. The van der Waals surface area contributed by atoms with E-state index in [2.05, 4.69) is 15.6 Å². The molecule has 1 unspecified atom stereocenters. The Kier molecular flexibility index (Phi) is 6.39. The minimum atomic E-state index is -0.146. The lowest BCUT2D eigenvalue weighted by Crippen LogP contribution is -2.47. The molecule has 2 heterocycles. The first kappa shape index (κ1) is 18.3. The van der Waals surface area contributed by atoms with Gasteiger partial charge in [0.1, 0.15) is 0 Å². The summed E-state index contributed by atoms with van der Waals surface area (Å²) in [7, 11) is 0. The number of carbonyl (C=O) groups is 1. The van der Waals surface area contributed by atoms with Crippen LogP contribution in [0.4, 0.5) is 0 Å². The zero-order valence-corrected chi connectivity index (χ0v) is 15.7. The molecule has 1 aliphatic rings. The highest BCUT2D eigenvalue weighted by molar-refractivity contribution is 7.99. The lowest BCUT2D eigenvalue weighted by atomic mass is 10.1. The standard InChI is InChI=1S/C18H22ClN3O2S/c1-12(18(23)22-15-3-2-8-20-9-15)25-11-17-21-10-16(24-17)13-4-6-14(19)7-5-13/h4-7,10,12,15,20H,2-3,8-9,11H2,1H3,(H,22,23)/t12?,15-/m0/s1. The first-order chi connectivity index (χ1) is 12.1. The van der Waals surface area contributed by atoms with Crippen molar-refractivity contribution in [2.45, 2.75) is 36.8 Å². The van der Waals surface area contributed by atoms with Gasteiger partial charge in [0.15, 0.2) is 5.76 Å². The van der Waals surface area contributed by atoms with Crippen LogP contribution in [0.5, 0.6) is 0 Å². The summed E-state index contributed by atoms with van der Waals surface area (Å²) in [6.07, 6.45) is 3.86. The summed E-state index contributed by atoms with van der Waals surface area (Å²) in [4.78, 5) is 16.6. The normalized spacial score (nSPS) is 18.7. The molecule has 5 nitrogen and oxygen atoms in total. The SMILES string of the molecule is CC(SCc1ncc(-c2ccc(Cl)cc2)o1)C(=O)N[C@H]1CCCNC1. The van der Waals surface area contributed by atoms with Crippen LogP contribution < -0.4 is 10.6 Å². The smallest absolute Gasteiger partial charge is 0.233 e. The van der Waals surface area contributed by atoms with E-state index in [0.717, 1.165) is 31.5 Å². The molecule has 1 amide bonds. The second-order valence-electron chi connectivity index (χ2n) is 6.13. The fraction of sp³-hybridized carbons (Fsp3) is 0.444. The van der Waals surface area contributed by atoms with Crippen molar-refractivity contribution in [3.8, 4) is 11.3 Å². The Bertz CT molecular complexity index is 699. The number of thioether (sulfide) groups is 1. The minimum Gasteiger partial charge on any atom is -0.440 e. The fourth-order valence-electron chi connectivity index (χ4n) is 2.69. The van der Waals surface area contributed by atoms with E-state index in [0.29, 0.717) is 22.4 Å². The molecule has 2 aromatic rings. The highest BCUT2D eigenvalue weighted by Gasteiger charge is 2.20. The van der Waals surface area contributed by atoms with Crippen molar-refractivity contribution < 1.29 is 9.21 Å². The summed E-state index contributed by atoms with van der Waals surface area (Å²) in [6.45, 7) is 3.81. The Morgan fingerprint density at radius 3 is 3.00 bits per heavy atom. The van der Waals surface area contributed by atoms with Gasteiger partial charge in [-0.1, -0.05) is 11.6 Å². The molecule has 2 atom stereocenters. The van der Waals surface area contributed by atoms with E-state index >= 15 is 0 Å². The van der Waals surface area contributed by atoms with Crippen molar-refractivity contribution in [2.24, 2.45) is 0 Å². The number of aromatic nitrogens is 1. The Labute approximate surface area is 156 Å². The molecule has 0 bridgehead atoms. The Hall–Kier alpha value is -1.50. The third-order valence-electron chi connectivity index (χ3n) is 4.15. The fourth-order valence-corrected chi connectivity index (χ4v) is 3.56. The monoisotopic (exact) mass is 379 g/mol. The number of nitrogens with zero attached hydrogens (tertiary/aromatic N) is 1. The predicted molar refractivity (Wildman–Crippen MR) is 102 cm³/mol. The number of piperidine rings is 1. The van der Waals surface area contributed by atoms with Gasteiger partial charge in [0.05, 0.1) is 17.2 Å². The van der Waals surface area contributed by atoms with Gasteiger partial charge in [-0.15, -0.1) is 11.8 Å². The average molecular weight is 380 g/mol. The average Bonchev–Trinajstić information content (AvgIpc) is 3.10. The van der Waals surface area contributed by atoms with Gasteiger partial charge in [0, 0.05) is 23.2 Å². The van der Waals surface area contributed by atoms with Gasteiger partial charge < -0.3 is 15.1 Å². The van der Waals surface area contributed by atoms with Gasteiger partial charge in [0.2, 0.25) is 11.8 Å². The summed E-state index contributed by atoms with van der Waals surface area (Å²) in [5, 5.41) is 6.95. The van der Waals surface area contributed by atoms with E-state index in [-0.39, 0.29) is 17.2 Å². The lowest BCUT2D eigenvalue weighted by Gasteiger charge is -2.25. The zero-order chi connectivity index (χ0) is 17.6. The van der Waals surface area contributed by atoms with Crippen molar-refractivity contribution in [3.05, 3.63) is 41.4 Å². The van der Waals surface area contributed by atoms with Crippen molar-refractivity contribution in [1.29, 1.82) is 0 Å². The number of benzene rings is 1. The van der Waals surface area contributed by atoms with Crippen molar-refractivity contribution in [3.63, 3.8) is 0 Å². The zero-order valence-electron chi connectivity index (χ0n) is 14.1. The van der Waals surface area contributed by atoms with E-state index in [9.17, 15) is 4.79 Å². The minimum absolute atomic E-state index is 0.0724. The molecular weight excluding hydrogens is 358 g/mol. The molecule has 0 aliphatic carbocycles. The van der Waals surface area contributed by atoms with Crippen LogP contribution in [0.15, 0.2) is 34.9 Å². The van der Waals surface area contributed by atoms with Gasteiger partial charge in [-0.2, -0.15) is 0 Å². The number of carbonyl (C=O) groups excluding carboxylic acids is 1. The summed E-state index contributed by atoms with van der Waals surface area (Å²) < 4.78 is 5.77. The summed E-state index contributed by atoms with van der Waals surface area (Å²) >= 11 is 7.42. The molecule has 1 aromatic heterocycles. The number of hydrogen-bond acceptors (Lipinski definition) is 5. The topological polar surface area (TPSA) is 67.2 Å².